The number of urea groups is 1. The number of thiophene rings is 1. The van der Waals surface area contributed by atoms with Crippen LogP contribution in [0.5, 0.6) is 0 Å². The van der Waals surface area contributed by atoms with Gasteiger partial charge in [0.1, 0.15) is 0 Å². The quantitative estimate of drug-likeness (QED) is 0.659. The number of nitrogens with zero attached hydrogens (tertiary/aromatic N) is 2. The summed E-state index contributed by atoms with van der Waals surface area (Å²) in [4.78, 5) is 41.5. The smallest absolute Gasteiger partial charge is 0.324 e. The zero-order valence-corrected chi connectivity index (χ0v) is 16.8. The summed E-state index contributed by atoms with van der Waals surface area (Å²) >= 11 is 1.70. The van der Waals surface area contributed by atoms with Crippen LogP contribution in [0.1, 0.15) is 28.2 Å². The highest BCUT2D eigenvalue weighted by Gasteiger charge is 2.28. The molecule has 7 heteroatoms. The summed E-state index contributed by atoms with van der Waals surface area (Å²) in [7, 11) is 0. The number of benzene rings is 1. The molecular weight excluding hydrogens is 374 g/mol. The minimum absolute atomic E-state index is 0.0493. The van der Waals surface area contributed by atoms with Gasteiger partial charge in [0.15, 0.2) is 0 Å². The maximum atomic E-state index is 12.8. The molecule has 3 rings (SSSR count). The first kappa shape index (κ1) is 20.1. The third kappa shape index (κ3) is 5.42. The van der Waals surface area contributed by atoms with Crippen LogP contribution in [-0.4, -0.2) is 47.3 Å². The summed E-state index contributed by atoms with van der Waals surface area (Å²) in [5, 5.41) is 2.50. The Labute approximate surface area is 169 Å². The van der Waals surface area contributed by atoms with Crippen LogP contribution in [0, 0.1) is 6.92 Å². The monoisotopic (exact) mass is 399 g/mol. The number of hydrogen-bond acceptors (Lipinski definition) is 4. The molecule has 1 aromatic carbocycles. The molecule has 0 bridgehead atoms. The number of nitrogens with one attached hydrogen (secondary N) is 1. The van der Waals surface area contributed by atoms with Crippen LogP contribution in [0.25, 0.3) is 0 Å². The highest BCUT2D eigenvalue weighted by atomic mass is 32.1. The molecule has 1 fully saturated rings. The van der Waals surface area contributed by atoms with Crippen LogP contribution in [0.15, 0.2) is 42.5 Å². The first-order valence-corrected chi connectivity index (χ1v) is 10.3. The van der Waals surface area contributed by atoms with Gasteiger partial charge < -0.3 is 10.2 Å². The Kier molecular flexibility index (Phi) is 6.81. The molecule has 0 saturated carbocycles. The van der Waals surface area contributed by atoms with E-state index in [1.807, 2.05) is 23.1 Å². The Morgan fingerprint density at radius 2 is 1.96 bits per heavy atom. The second kappa shape index (κ2) is 9.50. The van der Waals surface area contributed by atoms with Gasteiger partial charge in [0.05, 0.1) is 13.1 Å². The number of imide groups is 1. The number of amides is 4. The molecule has 0 radical (unpaired) electrons. The molecule has 1 N–H and O–H groups in total. The number of aryl methyl sites for hydroxylation is 1. The van der Waals surface area contributed by atoms with Crippen LogP contribution < -0.4 is 5.32 Å². The molecular formula is C21H25N3O3S. The lowest BCUT2D eigenvalue weighted by Crippen LogP contribution is -2.35. The number of carbonyl (C=O) groups excluding carboxylic acids is 3. The maximum absolute atomic E-state index is 12.8. The van der Waals surface area contributed by atoms with E-state index in [4.69, 9.17) is 0 Å². The van der Waals surface area contributed by atoms with E-state index < -0.39 is 0 Å². The van der Waals surface area contributed by atoms with Crippen molar-refractivity contribution in [2.75, 3.05) is 19.6 Å². The van der Waals surface area contributed by atoms with Crippen LogP contribution in [0.2, 0.25) is 0 Å². The molecule has 0 atom stereocenters. The zero-order chi connectivity index (χ0) is 19.9. The van der Waals surface area contributed by atoms with Crippen molar-refractivity contribution in [3.05, 3.63) is 57.8 Å². The summed E-state index contributed by atoms with van der Waals surface area (Å²) < 4.78 is 0. The number of carbonyl (C=O) groups is 3. The standard InChI is InChI=1S/C21H25N3O3S/c1-16-9-10-18(28-16)15-23(13-11-17-6-3-2-4-7-17)19(25)8-5-12-24-20(26)14-22-21(24)27/h2-4,6-7,9-10H,5,8,11-15H2,1H3,(H,22,27). The summed E-state index contributed by atoms with van der Waals surface area (Å²) in [5.74, 6) is -0.179. The predicted octanol–water partition coefficient (Wildman–Crippen LogP) is 2.96. The van der Waals surface area contributed by atoms with Crippen molar-refractivity contribution in [1.29, 1.82) is 0 Å². The summed E-state index contributed by atoms with van der Waals surface area (Å²) in [6.45, 7) is 3.62. The highest BCUT2D eigenvalue weighted by molar-refractivity contribution is 7.11. The fraction of sp³-hybridized carbons (Fsp3) is 0.381. The van der Waals surface area contributed by atoms with E-state index in [9.17, 15) is 14.4 Å². The van der Waals surface area contributed by atoms with Crippen molar-refractivity contribution >= 4 is 29.2 Å². The summed E-state index contributed by atoms with van der Waals surface area (Å²) in [5.41, 5.74) is 1.20. The lowest BCUT2D eigenvalue weighted by Gasteiger charge is -2.23. The van der Waals surface area contributed by atoms with Crippen molar-refractivity contribution in [1.82, 2.24) is 15.1 Å². The van der Waals surface area contributed by atoms with E-state index in [1.54, 1.807) is 11.3 Å². The fourth-order valence-corrected chi connectivity index (χ4v) is 4.09. The van der Waals surface area contributed by atoms with Crippen molar-refractivity contribution in [2.24, 2.45) is 0 Å². The minimum Gasteiger partial charge on any atom is -0.337 e. The molecule has 4 amide bonds. The van der Waals surface area contributed by atoms with Gasteiger partial charge >= 0.3 is 6.03 Å². The molecule has 2 heterocycles. The molecule has 1 saturated heterocycles. The highest BCUT2D eigenvalue weighted by Crippen LogP contribution is 2.18. The Morgan fingerprint density at radius 1 is 1.18 bits per heavy atom. The Balaban J connectivity index is 1.57. The van der Waals surface area contributed by atoms with Gasteiger partial charge in [-0.2, -0.15) is 0 Å². The van der Waals surface area contributed by atoms with Gasteiger partial charge in [0.2, 0.25) is 11.8 Å². The van der Waals surface area contributed by atoms with Gasteiger partial charge in [-0.1, -0.05) is 30.3 Å². The average Bonchev–Trinajstić information content (AvgIpc) is 3.25. The molecule has 0 unspecified atom stereocenters. The molecule has 2 aromatic rings. The van der Waals surface area contributed by atoms with Crippen LogP contribution in [-0.2, 0) is 22.6 Å². The van der Waals surface area contributed by atoms with E-state index in [1.165, 1.54) is 15.3 Å². The molecule has 148 valence electrons. The van der Waals surface area contributed by atoms with Crippen molar-refractivity contribution in [3.63, 3.8) is 0 Å². The Hall–Kier alpha value is -2.67. The fourth-order valence-electron chi connectivity index (χ4n) is 3.19. The van der Waals surface area contributed by atoms with Crippen LogP contribution in [0.3, 0.4) is 0 Å². The Morgan fingerprint density at radius 3 is 2.61 bits per heavy atom. The van der Waals surface area contributed by atoms with Crippen molar-refractivity contribution in [3.8, 4) is 0 Å². The molecule has 28 heavy (non-hydrogen) atoms. The van der Waals surface area contributed by atoms with Gasteiger partial charge in [-0.3, -0.25) is 14.5 Å². The lowest BCUT2D eigenvalue weighted by atomic mass is 10.1. The van der Waals surface area contributed by atoms with E-state index >= 15 is 0 Å². The maximum Gasteiger partial charge on any atom is 0.324 e. The third-order valence-electron chi connectivity index (χ3n) is 4.72. The van der Waals surface area contributed by atoms with Gasteiger partial charge in [0, 0.05) is 29.3 Å². The largest absolute Gasteiger partial charge is 0.337 e. The minimum atomic E-state index is -0.368. The summed E-state index contributed by atoms with van der Waals surface area (Å²) in [6, 6.07) is 13.9. The van der Waals surface area contributed by atoms with E-state index in [0.717, 1.165) is 11.3 Å². The molecule has 1 aliphatic rings. The first-order chi connectivity index (χ1) is 13.5. The lowest BCUT2D eigenvalue weighted by molar-refractivity contribution is -0.132. The summed E-state index contributed by atoms with van der Waals surface area (Å²) in [6.07, 6.45) is 1.59. The molecule has 1 aliphatic heterocycles. The zero-order valence-electron chi connectivity index (χ0n) is 16.0. The van der Waals surface area contributed by atoms with Crippen molar-refractivity contribution < 1.29 is 14.4 Å². The first-order valence-electron chi connectivity index (χ1n) is 9.48. The van der Waals surface area contributed by atoms with Crippen LogP contribution in [0.4, 0.5) is 4.79 Å². The molecule has 6 nitrogen and oxygen atoms in total. The second-order valence-electron chi connectivity index (χ2n) is 6.87. The topological polar surface area (TPSA) is 69.7 Å². The number of rotatable bonds is 9. The van der Waals surface area contributed by atoms with E-state index in [0.29, 0.717) is 25.9 Å². The van der Waals surface area contributed by atoms with Crippen molar-refractivity contribution in [2.45, 2.75) is 32.7 Å². The van der Waals surface area contributed by atoms with E-state index in [-0.39, 0.29) is 30.9 Å². The third-order valence-corrected chi connectivity index (χ3v) is 5.70. The molecule has 1 aromatic heterocycles. The van der Waals surface area contributed by atoms with Crippen LogP contribution >= 0.6 is 11.3 Å². The number of hydrogen-bond donors (Lipinski definition) is 1. The normalized spacial score (nSPS) is 13.7. The van der Waals surface area contributed by atoms with E-state index in [2.05, 4.69) is 36.5 Å². The van der Waals surface area contributed by atoms with Gasteiger partial charge in [0.25, 0.3) is 0 Å². The SMILES string of the molecule is Cc1ccc(CN(CCc2ccccc2)C(=O)CCCN2C(=O)CNC2=O)s1. The van der Waals surface area contributed by atoms with Gasteiger partial charge in [-0.15, -0.1) is 11.3 Å². The molecule has 0 aliphatic carbocycles. The predicted molar refractivity (Wildman–Crippen MR) is 109 cm³/mol. The Bertz CT molecular complexity index is 818. The van der Waals surface area contributed by atoms with Gasteiger partial charge in [-0.05, 0) is 37.5 Å². The van der Waals surface area contributed by atoms with Gasteiger partial charge in [-0.25, -0.2) is 4.79 Å². The second-order valence-corrected chi connectivity index (χ2v) is 8.24. The molecule has 0 spiro atoms. The average molecular weight is 400 g/mol.